The van der Waals surface area contributed by atoms with E-state index in [4.69, 9.17) is 27.9 Å². The van der Waals surface area contributed by atoms with E-state index >= 15 is 0 Å². The summed E-state index contributed by atoms with van der Waals surface area (Å²) in [4.78, 5) is 34.7. The van der Waals surface area contributed by atoms with Crippen molar-refractivity contribution in [1.82, 2.24) is 0 Å². The highest BCUT2D eigenvalue weighted by Crippen LogP contribution is 2.64. The highest BCUT2D eigenvalue weighted by Gasteiger charge is 2.69. The average molecular weight is 359 g/mol. The normalized spacial score (nSPS) is 21.2. The van der Waals surface area contributed by atoms with Gasteiger partial charge >= 0.3 is 5.97 Å². The van der Waals surface area contributed by atoms with Gasteiger partial charge in [0.2, 0.25) is 5.91 Å². The predicted molar refractivity (Wildman–Crippen MR) is 87.5 cm³/mol. The number of anilines is 2. The first-order valence-corrected chi connectivity index (χ1v) is 7.62. The molecular weight excluding hydrogens is 343 g/mol. The van der Waals surface area contributed by atoms with Crippen molar-refractivity contribution in [2.45, 2.75) is 24.6 Å². The van der Waals surface area contributed by atoms with Crippen LogP contribution in [0.2, 0.25) is 0 Å². The number of amides is 2. The van der Waals surface area contributed by atoms with Gasteiger partial charge in [0.25, 0.3) is 5.91 Å². The summed E-state index contributed by atoms with van der Waals surface area (Å²) in [6.07, 6.45) is 0.294. The van der Waals surface area contributed by atoms with Crippen LogP contribution in [0, 0.1) is 5.41 Å². The van der Waals surface area contributed by atoms with Crippen molar-refractivity contribution in [1.29, 1.82) is 0 Å². The van der Waals surface area contributed by atoms with Crippen LogP contribution < -0.4 is 10.6 Å². The monoisotopic (exact) mass is 358 g/mol. The lowest BCUT2D eigenvalue weighted by Gasteiger charge is -2.12. The van der Waals surface area contributed by atoms with E-state index in [9.17, 15) is 14.4 Å². The molecule has 0 spiro atoms. The van der Waals surface area contributed by atoms with Crippen molar-refractivity contribution in [3.8, 4) is 0 Å². The maximum absolute atomic E-state index is 11.9. The molecule has 1 aromatic rings. The summed E-state index contributed by atoms with van der Waals surface area (Å²) in [5.74, 6) is -1.33. The fourth-order valence-corrected chi connectivity index (χ4v) is 2.68. The maximum atomic E-state index is 11.9. The van der Waals surface area contributed by atoms with Crippen molar-refractivity contribution in [2.75, 3.05) is 17.2 Å². The van der Waals surface area contributed by atoms with Gasteiger partial charge in [-0.1, -0.05) is 6.07 Å². The molecular formula is C15H16Cl2N2O4. The van der Waals surface area contributed by atoms with Gasteiger partial charge < -0.3 is 15.4 Å². The van der Waals surface area contributed by atoms with Gasteiger partial charge in [-0.3, -0.25) is 14.4 Å². The third-order valence-corrected chi connectivity index (χ3v) is 4.61. The molecule has 0 aromatic heterocycles. The molecule has 2 rings (SSSR count). The molecule has 2 amide bonds. The Labute approximate surface area is 143 Å². The third kappa shape index (κ3) is 4.14. The Kier molecular flexibility index (Phi) is 4.87. The fourth-order valence-electron chi connectivity index (χ4n) is 1.99. The topological polar surface area (TPSA) is 84.5 Å². The summed E-state index contributed by atoms with van der Waals surface area (Å²) in [5.41, 5.74) is 0.0488. The minimum absolute atomic E-state index is 0.217. The Morgan fingerprint density at radius 2 is 1.78 bits per heavy atom. The SMILES string of the molecule is CC(=O)Nc1cccc(NC(=O)COC(=O)[C@]2(C)CC2(Cl)Cl)c1. The van der Waals surface area contributed by atoms with Crippen molar-refractivity contribution in [2.24, 2.45) is 5.41 Å². The van der Waals surface area contributed by atoms with Gasteiger partial charge in [0.05, 0.1) is 0 Å². The van der Waals surface area contributed by atoms with Crippen LogP contribution in [0.5, 0.6) is 0 Å². The van der Waals surface area contributed by atoms with Crippen LogP contribution in [0.3, 0.4) is 0 Å². The second-order valence-corrected chi connectivity index (χ2v) is 7.08. The minimum atomic E-state index is -1.13. The van der Waals surface area contributed by atoms with Gasteiger partial charge in [-0.05, 0) is 25.1 Å². The average Bonchev–Trinajstić information content (AvgIpc) is 2.96. The van der Waals surface area contributed by atoms with Gasteiger partial charge in [-0.25, -0.2) is 0 Å². The summed E-state index contributed by atoms with van der Waals surface area (Å²) in [7, 11) is 0. The van der Waals surface area contributed by atoms with Crippen LogP contribution in [0.4, 0.5) is 11.4 Å². The number of benzene rings is 1. The van der Waals surface area contributed by atoms with Crippen LogP contribution in [0.25, 0.3) is 0 Å². The lowest BCUT2D eigenvalue weighted by molar-refractivity contribution is -0.152. The molecule has 23 heavy (non-hydrogen) atoms. The smallest absolute Gasteiger partial charge is 0.315 e. The number of halogens is 2. The Bertz CT molecular complexity index is 663. The number of ether oxygens (including phenoxy) is 1. The van der Waals surface area contributed by atoms with Crippen LogP contribution in [-0.2, 0) is 19.1 Å². The van der Waals surface area contributed by atoms with E-state index in [0.717, 1.165) is 0 Å². The van der Waals surface area contributed by atoms with Crippen molar-refractivity contribution in [3.05, 3.63) is 24.3 Å². The zero-order valence-electron chi connectivity index (χ0n) is 12.6. The van der Waals surface area contributed by atoms with Gasteiger partial charge in [0, 0.05) is 24.7 Å². The molecule has 1 atom stereocenters. The highest BCUT2D eigenvalue weighted by molar-refractivity contribution is 6.53. The fraction of sp³-hybridized carbons (Fsp3) is 0.400. The molecule has 2 N–H and O–H groups in total. The lowest BCUT2D eigenvalue weighted by atomic mass is 10.1. The summed E-state index contributed by atoms with van der Waals surface area (Å²) >= 11 is 11.8. The molecule has 8 heteroatoms. The number of rotatable bonds is 5. The Hall–Kier alpha value is -1.79. The number of carbonyl (C=O) groups is 3. The zero-order valence-corrected chi connectivity index (χ0v) is 14.1. The molecule has 1 aromatic carbocycles. The van der Waals surface area contributed by atoms with Crippen LogP contribution >= 0.6 is 23.2 Å². The molecule has 124 valence electrons. The first-order chi connectivity index (χ1) is 10.6. The molecule has 0 saturated heterocycles. The number of esters is 1. The Balaban J connectivity index is 1.86. The van der Waals surface area contributed by atoms with Crippen LogP contribution in [0.1, 0.15) is 20.3 Å². The molecule has 0 bridgehead atoms. The molecule has 0 unspecified atom stereocenters. The van der Waals surface area contributed by atoms with Crippen molar-refractivity contribution < 1.29 is 19.1 Å². The van der Waals surface area contributed by atoms with E-state index in [1.807, 2.05) is 0 Å². The van der Waals surface area contributed by atoms with Gasteiger partial charge in [-0.2, -0.15) is 0 Å². The maximum Gasteiger partial charge on any atom is 0.315 e. The highest BCUT2D eigenvalue weighted by atomic mass is 35.5. The van der Waals surface area contributed by atoms with Crippen molar-refractivity contribution in [3.63, 3.8) is 0 Å². The first kappa shape index (κ1) is 17.6. The van der Waals surface area contributed by atoms with Gasteiger partial charge in [0.1, 0.15) is 9.75 Å². The summed E-state index contributed by atoms with van der Waals surface area (Å²) in [5, 5.41) is 5.17. The molecule has 0 radical (unpaired) electrons. The van der Waals surface area contributed by atoms with E-state index < -0.39 is 28.2 Å². The number of hydrogen-bond donors (Lipinski definition) is 2. The standard InChI is InChI=1S/C15H16Cl2N2O4/c1-9(20)18-10-4-3-5-11(6-10)19-12(21)7-23-13(22)14(2)8-15(14,16)17/h3-6H,7-8H2,1-2H3,(H,18,20)(H,19,21)/t14-/m0/s1. The summed E-state index contributed by atoms with van der Waals surface area (Å²) in [6, 6.07) is 6.60. The zero-order chi connectivity index (χ0) is 17.3. The second kappa shape index (κ2) is 6.37. The van der Waals surface area contributed by atoms with E-state index in [1.54, 1.807) is 31.2 Å². The molecule has 0 heterocycles. The molecule has 6 nitrogen and oxygen atoms in total. The van der Waals surface area contributed by atoms with Crippen molar-refractivity contribution >= 4 is 52.4 Å². The quantitative estimate of drug-likeness (QED) is 0.625. The van der Waals surface area contributed by atoms with Crippen LogP contribution in [-0.4, -0.2) is 28.7 Å². The molecule has 1 aliphatic rings. The summed E-state index contributed by atoms with van der Waals surface area (Å²) in [6.45, 7) is 2.53. The predicted octanol–water partition coefficient (Wildman–Crippen LogP) is 2.71. The summed E-state index contributed by atoms with van der Waals surface area (Å²) < 4.78 is 3.81. The molecule has 1 saturated carbocycles. The molecule has 0 aliphatic heterocycles. The van der Waals surface area contributed by atoms with E-state index in [-0.39, 0.29) is 5.91 Å². The number of hydrogen-bond acceptors (Lipinski definition) is 4. The second-order valence-electron chi connectivity index (χ2n) is 5.60. The van der Waals surface area contributed by atoms with Gasteiger partial charge in [-0.15, -0.1) is 23.2 Å². The number of carbonyl (C=O) groups excluding carboxylic acids is 3. The molecule has 1 aliphatic carbocycles. The van der Waals surface area contributed by atoms with E-state index in [2.05, 4.69) is 10.6 Å². The first-order valence-electron chi connectivity index (χ1n) is 6.87. The van der Waals surface area contributed by atoms with Gasteiger partial charge in [0.15, 0.2) is 6.61 Å². The minimum Gasteiger partial charge on any atom is -0.455 e. The number of nitrogens with one attached hydrogen (secondary N) is 2. The number of alkyl halides is 2. The Morgan fingerprint density at radius 3 is 2.30 bits per heavy atom. The largest absolute Gasteiger partial charge is 0.455 e. The Morgan fingerprint density at radius 1 is 1.22 bits per heavy atom. The lowest BCUT2D eigenvalue weighted by Crippen LogP contribution is -2.26. The van der Waals surface area contributed by atoms with Crippen LogP contribution in [0.15, 0.2) is 24.3 Å². The van der Waals surface area contributed by atoms with E-state index in [0.29, 0.717) is 17.8 Å². The molecule has 1 fully saturated rings. The third-order valence-electron chi connectivity index (χ3n) is 3.51. The van der Waals surface area contributed by atoms with E-state index in [1.165, 1.54) is 6.92 Å².